The summed E-state index contributed by atoms with van der Waals surface area (Å²) < 4.78 is 5.68. The van der Waals surface area contributed by atoms with Crippen molar-refractivity contribution in [2.24, 2.45) is 11.8 Å². The van der Waals surface area contributed by atoms with E-state index >= 15 is 0 Å². The van der Waals surface area contributed by atoms with Crippen LogP contribution in [0.3, 0.4) is 0 Å². The number of hydrogen-bond donors (Lipinski definition) is 1. The first kappa shape index (κ1) is 20.5. The van der Waals surface area contributed by atoms with Crippen molar-refractivity contribution < 1.29 is 9.52 Å². The highest BCUT2D eigenvalue weighted by Gasteiger charge is 2.46. The molecule has 2 aromatic rings. The summed E-state index contributed by atoms with van der Waals surface area (Å²) in [5.74, 6) is 1.61. The Hall–Kier alpha value is -2.11. The molecular weight excluding hydrogens is 400 g/mol. The summed E-state index contributed by atoms with van der Waals surface area (Å²) in [6.07, 6.45) is 11.1. The van der Waals surface area contributed by atoms with Crippen molar-refractivity contribution in [2.75, 3.05) is 19.6 Å². The van der Waals surface area contributed by atoms with E-state index in [-0.39, 0.29) is 11.4 Å². The van der Waals surface area contributed by atoms with E-state index in [0.29, 0.717) is 24.1 Å². The highest BCUT2D eigenvalue weighted by molar-refractivity contribution is 5.85. The summed E-state index contributed by atoms with van der Waals surface area (Å²) in [6.45, 7) is 6.17. The molecule has 6 rings (SSSR count). The minimum Gasteiger partial charge on any atom is -0.507 e. The monoisotopic (exact) mass is 434 g/mol. The van der Waals surface area contributed by atoms with Gasteiger partial charge in [-0.15, -0.1) is 0 Å². The molecule has 32 heavy (non-hydrogen) atoms. The molecule has 0 amide bonds. The molecule has 1 N–H and O–H groups in total. The van der Waals surface area contributed by atoms with Crippen LogP contribution in [0, 0.1) is 11.8 Å². The number of piperidine rings is 3. The first-order chi connectivity index (χ1) is 15.6. The number of rotatable bonds is 3. The van der Waals surface area contributed by atoms with Gasteiger partial charge in [0.05, 0.1) is 5.56 Å². The van der Waals surface area contributed by atoms with E-state index in [2.05, 4.69) is 22.8 Å². The summed E-state index contributed by atoms with van der Waals surface area (Å²) in [5, 5.41) is 11.8. The fourth-order valence-corrected chi connectivity index (χ4v) is 7.25. The van der Waals surface area contributed by atoms with Crippen molar-refractivity contribution in [2.45, 2.75) is 70.5 Å². The second kappa shape index (κ2) is 8.03. The Morgan fingerprint density at radius 1 is 1.19 bits per heavy atom. The third-order valence-electron chi connectivity index (χ3n) is 8.58. The lowest BCUT2D eigenvalue weighted by molar-refractivity contribution is -0.00274. The Morgan fingerprint density at radius 3 is 2.97 bits per heavy atom. The molecule has 5 nitrogen and oxygen atoms in total. The topological polar surface area (TPSA) is 56.9 Å². The Morgan fingerprint density at radius 2 is 2.09 bits per heavy atom. The van der Waals surface area contributed by atoms with Gasteiger partial charge in [-0.05, 0) is 81.1 Å². The first-order valence-corrected chi connectivity index (χ1v) is 12.6. The maximum absolute atomic E-state index is 12.2. The molecule has 3 fully saturated rings. The van der Waals surface area contributed by atoms with Crippen LogP contribution in [0.4, 0.5) is 0 Å². The smallest absolute Gasteiger partial charge is 0.336 e. The number of aromatic hydroxyl groups is 1. The van der Waals surface area contributed by atoms with Crippen molar-refractivity contribution in [1.29, 1.82) is 0 Å². The SMILES string of the molecule is CCc1cc(=O)oc2c(CN3CCCC4=CC5CC(CN6CCCCC56)[C@@H]43)c(O)ccc12. The largest absolute Gasteiger partial charge is 0.507 e. The third-order valence-corrected chi connectivity index (χ3v) is 8.58. The molecule has 170 valence electrons. The van der Waals surface area contributed by atoms with E-state index in [1.807, 2.05) is 6.07 Å². The normalized spacial score (nSPS) is 30.6. The predicted octanol–water partition coefficient (Wildman–Crippen LogP) is 4.46. The third kappa shape index (κ3) is 3.32. The summed E-state index contributed by atoms with van der Waals surface area (Å²) in [5.41, 5.74) is 3.62. The van der Waals surface area contributed by atoms with Crippen LogP contribution in [0.5, 0.6) is 5.75 Å². The predicted molar refractivity (Wildman–Crippen MR) is 126 cm³/mol. The number of phenols is 1. The molecule has 3 aliphatic heterocycles. The lowest BCUT2D eigenvalue weighted by Gasteiger charge is -2.54. The van der Waals surface area contributed by atoms with E-state index in [4.69, 9.17) is 4.42 Å². The van der Waals surface area contributed by atoms with Gasteiger partial charge in [-0.3, -0.25) is 9.80 Å². The molecule has 4 aliphatic rings. The van der Waals surface area contributed by atoms with Crippen LogP contribution in [0.1, 0.15) is 56.6 Å². The summed E-state index contributed by atoms with van der Waals surface area (Å²) >= 11 is 0. The fraction of sp³-hybridized carbons (Fsp3) is 0.593. The van der Waals surface area contributed by atoms with Gasteiger partial charge in [0.15, 0.2) is 0 Å². The lowest BCUT2D eigenvalue weighted by Crippen LogP contribution is -2.59. The summed E-state index contributed by atoms with van der Waals surface area (Å²) in [4.78, 5) is 17.6. The quantitative estimate of drug-likeness (QED) is 0.571. The maximum Gasteiger partial charge on any atom is 0.336 e. The highest BCUT2D eigenvalue weighted by Crippen LogP contribution is 2.45. The number of aryl methyl sites for hydroxylation is 1. The van der Waals surface area contributed by atoms with Crippen LogP contribution in [0.15, 0.2) is 39.1 Å². The maximum atomic E-state index is 12.2. The van der Waals surface area contributed by atoms with Gasteiger partial charge in [0.1, 0.15) is 11.3 Å². The molecule has 2 bridgehead atoms. The number of likely N-dealkylation sites (tertiary alicyclic amines) is 1. The Bertz CT molecular complexity index is 1120. The van der Waals surface area contributed by atoms with Crippen LogP contribution < -0.4 is 5.63 Å². The van der Waals surface area contributed by atoms with E-state index in [0.717, 1.165) is 47.9 Å². The van der Waals surface area contributed by atoms with E-state index in [1.165, 1.54) is 45.2 Å². The van der Waals surface area contributed by atoms with Crippen molar-refractivity contribution in [3.63, 3.8) is 0 Å². The first-order valence-electron chi connectivity index (χ1n) is 12.6. The van der Waals surface area contributed by atoms with Gasteiger partial charge in [-0.25, -0.2) is 4.79 Å². The Labute approximate surface area is 189 Å². The van der Waals surface area contributed by atoms with Gasteiger partial charge in [-0.2, -0.15) is 0 Å². The molecule has 0 radical (unpaired) electrons. The summed E-state index contributed by atoms with van der Waals surface area (Å²) in [7, 11) is 0. The van der Waals surface area contributed by atoms with Crippen LogP contribution >= 0.6 is 0 Å². The van der Waals surface area contributed by atoms with Gasteiger partial charge in [0, 0.05) is 36.6 Å². The minimum absolute atomic E-state index is 0.235. The standard InChI is InChI=1S/C27H34N2O3/c1-2-17-14-25(31)32-27-21(17)8-9-24(30)22(27)16-29-11-5-6-18-12-19-13-20(26(18)29)15-28-10-4-3-7-23(19)28/h8-9,12,14,19-20,23,26,30H,2-7,10-11,13,15-16H2,1H3/t19?,20?,23?,26-/m1/s1. The average molecular weight is 435 g/mol. The molecule has 4 heterocycles. The van der Waals surface area contributed by atoms with Crippen LogP contribution in [0.25, 0.3) is 11.0 Å². The highest BCUT2D eigenvalue weighted by atomic mass is 16.4. The van der Waals surface area contributed by atoms with Crippen molar-refractivity contribution in [3.05, 3.63) is 51.4 Å². The number of hydrogen-bond acceptors (Lipinski definition) is 5. The molecule has 5 heteroatoms. The second-order valence-corrected chi connectivity index (χ2v) is 10.4. The number of fused-ring (bicyclic) bond motifs is 7. The zero-order valence-electron chi connectivity index (χ0n) is 19.1. The molecule has 3 unspecified atom stereocenters. The van der Waals surface area contributed by atoms with Gasteiger partial charge in [0.2, 0.25) is 0 Å². The van der Waals surface area contributed by atoms with Crippen molar-refractivity contribution in [1.82, 2.24) is 9.80 Å². The van der Waals surface area contributed by atoms with E-state index in [1.54, 1.807) is 17.7 Å². The fourth-order valence-electron chi connectivity index (χ4n) is 7.25. The molecular formula is C27H34N2O3. The van der Waals surface area contributed by atoms with Gasteiger partial charge >= 0.3 is 5.63 Å². The van der Waals surface area contributed by atoms with Gasteiger partial charge < -0.3 is 9.52 Å². The van der Waals surface area contributed by atoms with Gasteiger partial charge in [0.25, 0.3) is 0 Å². The molecule has 1 aliphatic carbocycles. The average Bonchev–Trinajstić information content (AvgIpc) is 2.80. The number of phenolic OH excluding ortho intramolecular Hbond substituents is 1. The van der Waals surface area contributed by atoms with Crippen LogP contribution in [0.2, 0.25) is 0 Å². The molecule has 4 atom stereocenters. The zero-order valence-corrected chi connectivity index (χ0v) is 19.1. The molecule has 3 saturated heterocycles. The van der Waals surface area contributed by atoms with Crippen LogP contribution in [-0.2, 0) is 13.0 Å². The van der Waals surface area contributed by atoms with Gasteiger partial charge in [-0.1, -0.05) is 25.0 Å². The van der Waals surface area contributed by atoms with E-state index < -0.39 is 0 Å². The molecule has 0 spiro atoms. The second-order valence-electron chi connectivity index (χ2n) is 10.4. The van der Waals surface area contributed by atoms with E-state index in [9.17, 15) is 9.90 Å². The molecule has 0 saturated carbocycles. The lowest BCUT2D eigenvalue weighted by atomic mass is 9.68. The minimum atomic E-state index is -0.329. The summed E-state index contributed by atoms with van der Waals surface area (Å²) in [6, 6.07) is 6.45. The molecule has 1 aromatic carbocycles. The molecule has 1 aromatic heterocycles. The zero-order chi connectivity index (χ0) is 21.8. The van der Waals surface area contributed by atoms with Crippen molar-refractivity contribution in [3.8, 4) is 5.75 Å². The Kier molecular flexibility index (Phi) is 5.14. The van der Waals surface area contributed by atoms with Crippen LogP contribution in [-0.4, -0.2) is 46.6 Å². The number of nitrogens with zero attached hydrogens (tertiary/aromatic N) is 2. The number of benzene rings is 1. The van der Waals surface area contributed by atoms with Crippen molar-refractivity contribution >= 4 is 11.0 Å². The Balaban J connectivity index is 1.37.